The highest BCUT2D eigenvalue weighted by Crippen LogP contribution is 2.43. The number of carboxylic acids is 1. The molecule has 1 fully saturated rings. The maximum atomic E-state index is 11.8. The van der Waals surface area contributed by atoms with Gasteiger partial charge in [0.25, 0.3) is 0 Å². The number of rotatable bonds is 4. The summed E-state index contributed by atoms with van der Waals surface area (Å²) in [4.78, 5) is 36.4. The third-order valence-corrected chi connectivity index (χ3v) is 6.01. The van der Waals surface area contributed by atoms with Gasteiger partial charge in [0, 0.05) is 22.0 Å². The topological polar surface area (TPSA) is 110 Å². The molecule has 0 unspecified atom stereocenters. The van der Waals surface area contributed by atoms with E-state index in [0.29, 0.717) is 22.0 Å². The summed E-state index contributed by atoms with van der Waals surface area (Å²) in [6.07, 6.45) is 1.68. The maximum Gasteiger partial charge on any atom is 0.353 e. The second-order valence-corrected chi connectivity index (χ2v) is 6.80. The van der Waals surface area contributed by atoms with Crippen LogP contribution in [0.4, 0.5) is 0 Å². The van der Waals surface area contributed by atoms with Gasteiger partial charge in [0.1, 0.15) is 23.7 Å². The van der Waals surface area contributed by atoms with E-state index in [1.54, 1.807) is 6.08 Å². The number of fused-ring (bicyclic) bond motifs is 1. The van der Waals surface area contributed by atoms with Crippen molar-refractivity contribution in [2.75, 3.05) is 18.1 Å². The number of carboxylic acid groups (broad SMARTS) is 1. The summed E-state index contributed by atoms with van der Waals surface area (Å²) in [5.74, 6) is -1.09. The molecule has 3 heterocycles. The summed E-state index contributed by atoms with van der Waals surface area (Å²) >= 11 is 2.69. The number of ether oxygens (including phenoxy) is 1. The van der Waals surface area contributed by atoms with Crippen LogP contribution in [0.1, 0.15) is 0 Å². The van der Waals surface area contributed by atoms with Gasteiger partial charge >= 0.3 is 11.9 Å². The lowest BCUT2D eigenvalue weighted by Gasteiger charge is -2.47. The van der Waals surface area contributed by atoms with Crippen LogP contribution in [0.2, 0.25) is 0 Å². The van der Waals surface area contributed by atoms with Crippen molar-refractivity contribution in [3.63, 3.8) is 0 Å². The SMILES string of the molecule is N[C@@H]1C(=O)N2C(C(=O)O)=C(SCC3=CCOC3=O)CS[C@H]12. The first kappa shape index (κ1) is 14.5. The molecule has 3 aliphatic rings. The second kappa shape index (κ2) is 5.39. The molecule has 3 rings (SSSR count). The molecule has 7 nitrogen and oxygen atoms in total. The number of esters is 1. The molecule has 1 amide bonds. The number of nitrogens with zero attached hydrogens (tertiary/aromatic N) is 1. The van der Waals surface area contributed by atoms with Crippen LogP contribution < -0.4 is 5.73 Å². The van der Waals surface area contributed by atoms with Crippen LogP contribution in [0, 0.1) is 0 Å². The van der Waals surface area contributed by atoms with Gasteiger partial charge in [-0.05, 0) is 6.08 Å². The van der Waals surface area contributed by atoms with Gasteiger partial charge in [0.2, 0.25) is 5.91 Å². The molecular formula is C12H12N2O5S2. The van der Waals surface area contributed by atoms with E-state index in [-0.39, 0.29) is 29.6 Å². The van der Waals surface area contributed by atoms with Crippen LogP contribution in [0.25, 0.3) is 0 Å². The quantitative estimate of drug-likeness (QED) is 0.536. The fraction of sp³-hybridized carbons (Fsp3) is 0.417. The molecule has 0 aromatic rings. The Labute approximate surface area is 128 Å². The molecule has 0 saturated carbocycles. The van der Waals surface area contributed by atoms with E-state index in [9.17, 15) is 19.5 Å². The highest BCUT2D eigenvalue weighted by molar-refractivity contribution is 8.06. The van der Waals surface area contributed by atoms with Crippen LogP contribution in [-0.4, -0.2) is 57.4 Å². The predicted octanol–water partition coefficient (Wildman–Crippen LogP) is -0.259. The Kier molecular flexibility index (Phi) is 3.72. The zero-order valence-corrected chi connectivity index (χ0v) is 12.4. The van der Waals surface area contributed by atoms with Crippen molar-refractivity contribution in [1.82, 2.24) is 4.90 Å². The number of β-lactam (4-membered cyclic amide) rings is 1. The van der Waals surface area contributed by atoms with Gasteiger partial charge in [-0.3, -0.25) is 9.69 Å². The van der Waals surface area contributed by atoms with E-state index in [4.69, 9.17) is 10.5 Å². The standard InChI is InChI=1S/C12H12N2O5S2/c13-7-9(15)14-8(11(16)17)6(4-21-10(7)14)20-3-5-1-2-19-12(5)18/h1,7,10H,2-4,13H2,(H,16,17)/t7-,10-/m1/s1. The molecule has 2 atom stereocenters. The van der Waals surface area contributed by atoms with Crippen molar-refractivity contribution in [3.05, 3.63) is 22.3 Å². The van der Waals surface area contributed by atoms with E-state index < -0.39 is 12.0 Å². The van der Waals surface area contributed by atoms with Crippen LogP contribution in [-0.2, 0) is 19.1 Å². The Bertz CT molecular complexity index is 600. The minimum Gasteiger partial charge on any atom is -0.477 e. The summed E-state index contributed by atoms with van der Waals surface area (Å²) in [6.45, 7) is 0.260. The van der Waals surface area contributed by atoms with Crippen LogP contribution in [0.5, 0.6) is 0 Å². The summed E-state index contributed by atoms with van der Waals surface area (Å²) in [7, 11) is 0. The Balaban J connectivity index is 1.80. The number of carbonyl (C=O) groups is 3. The van der Waals surface area contributed by atoms with E-state index in [0.717, 1.165) is 0 Å². The lowest BCUT2D eigenvalue weighted by atomic mass is 10.1. The molecule has 1 saturated heterocycles. The monoisotopic (exact) mass is 328 g/mol. The predicted molar refractivity (Wildman–Crippen MR) is 77.2 cm³/mol. The molecular weight excluding hydrogens is 316 g/mol. The van der Waals surface area contributed by atoms with E-state index >= 15 is 0 Å². The zero-order valence-electron chi connectivity index (χ0n) is 10.8. The summed E-state index contributed by atoms with van der Waals surface area (Å²) in [6, 6.07) is -0.636. The van der Waals surface area contributed by atoms with Crippen LogP contribution in [0.15, 0.2) is 22.3 Å². The van der Waals surface area contributed by atoms with Gasteiger partial charge in [-0.15, -0.1) is 23.5 Å². The molecule has 0 aromatic heterocycles. The molecule has 0 aliphatic carbocycles. The smallest absolute Gasteiger partial charge is 0.353 e. The maximum absolute atomic E-state index is 11.8. The molecule has 0 radical (unpaired) electrons. The van der Waals surface area contributed by atoms with Crippen molar-refractivity contribution in [2.45, 2.75) is 11.4 Å². The number of amides is 1. The van der Waals surface area contributed by atoms with Crippen molar-refractivity contribution in [1.29, 1.82) is 0 Å². The van der Waals surface area contributed by atoms with E-state index in [1.807, 2.05) is 0 Å². The Morgan fingerprint density at radius 2 is 2.33 bits per heavy atom. The molecule has 21 heavy (non-hydrogen) atoms. The van der Waals surface area contributed by atoms with Gasteiger partial charge in [0.05, 0.1) is 0 Å². The van der Waals surface area contributed by atoms with Gasteiger partial charge in [-0.25, -0.2) is 9.59 Å². The number of nitrogens with two attached hydrogens (primary N) is 1. The second-order valence-electron chi connectivity index (χ2n) is 4.63. The molecule has 9 heteroatoms. The van der Waals surface area contributed by atoms with Crippen molar-refractivity contribution >= 4 is 41.4 Å². The molecule has 112 valence electrons. The molecule has 0 spiro atoms. The van der Waals surface area contributed by atoms with Gasteiger partial charge in [-0.2, -0.15) is 0 Å². The number of carbonyl (C=O) groups excluding carboxylic acids is 2. The Hall–Kier alpha value is -1.45. The third kappa shape index (κ3) is 2.34. The minimum atomic E-state index is -1.15. The van der Waals surface area contributed by atoms with E-state index in [1.165, 1.54) is 28.4 Å². The van der Waals surface area contributed by atoms with Gasteiger partial charge < -0.3 is 15.6 Å². The zero-order chi connectivity index (χ0) is 15.1. The van der Waals surface area contributed by atoms with Crippen molar-refractivity contribution in [3.8, 4) is 0 Å². The van der Waals surface area contributed by atoms with Gasteiger partial charge in [-0.1, -0.05) is 0 Å². The molecule has 3 N–H and O–H groups in total. The number of aliphatic carboxylic acids is 1. The average molecular weight is 328 g/mol. The number of cyclic esters (lactones) is 1. The first-order chi connectivity index (χ1) is 10.0. The van der Waals surface area contributed by atoms with Crippen molar-refractivity contribution in [2.24, 2.45) is 5.73 Å². The number of thioether (sulfide) groups is 2. The van der Waals surface area contributed by atoms with Crippen molar-refractivity contribution < 1.29 is 24.2 Å². The lowest BCUT2D eigenvalue weighted by Crippen LogP contribution is -2.68. The first-order valence-electron chi connectivity index (χ1n) is 6.16. The largest absolute Gasteiger partial charge is 0.477 e. The first-order valence-corrected chi connectivity index (χ1v) is 8.20. The lowest BCUT2D eigenvalue weighted by molar-refractivity contribution is -0.147. The normalized spacial score (nSPS) is 28.0. The minimum absolute atomic E-state index is 0.0117. The van der Waals surface area contributed by atoms with Crippen LogP contribution in [0.3, 0.4) is 0 Å². The summed E-state index contributed by atoms with van der Waals surface area (Å²) in [5, 5.41) is 9.06. The fourth-order valence-electron chi connectivity index (χ4n) is 2.27. The fourth-order valence-corrected chi connectivity index (χ4v) is 4.84. The average Bonchev–Trinajstić information content (AvgIpc) is 2.88. The molecule has 0 bridgehead atoms. The Morgan fingerprint density at radius 1 is 1.57 bits per heavy atom. The van der Waals surface area contributed by atoms with Gasteiger partial charge in [0.15, 0.2) is 0 Å². The Morgan fingerprint density at radius 3 is 2.95 bits per heavy atom. The third-order valence-electron chi connectivity index (χ3n) is 3.39. The summed E-state index contributed by atoms with van der Waals surface area (Å²) in [5.41, 5.74) is 6.18. The highest BCUT2D eigenvalue weighted by atomic mass is 32.2. The van der Waals surface area contributed by atoms with E-state index in [2.05, 4.69) is 0 Å². The molecule has 3 aliphatic heterocycles. The number of hydrogen-bond acceptors (Lipinski definition) is 7. The van der Waals surface area contributed by atoms with Crippen LogP contribution >= 0.6 is 23.5 Å². The highest BCUT2D eigenvalue weighted by Gasteiger charge is 2.51. The summed E-state index contributed by atoms with van der Waals surface area (Å²) < 4.78 is 4.80. The molecule has 0 aromatic carbocycles. The number of hydrogen-bond donors (Lipinski definition) is 2.